The number of ether oxygens (including phenoxy) is 2. The van der Waals surface area contributed by atoms with Crippen molar-refractivity contribution >= 4 is 11.3 Å². The highest BCUT2D eigenvalue weighted by atomic mass is 32.1. The minimum atomic E-state index is 0.00356. The van der Waals surface area contributed by atoms with Crippen molar-refractivity contribution < 1.29 is 9.47 Å². The topological polar surface area (TPSA) is 34.6 Å². The van der Waals surface area contributed by atoms with Crippen LogP contribution in [0.15, 0.2) is 29.6 Å². The van der Waals surface area contributed by atoms with E-state index in [-0.39, 0.29) is 11.7 Å². The van der Waals surface area contributed by atoms with Crippen LogP contribution < -0.4 is 0 Å². The SMILES string of the molecule is Cc1nc(COC2CCOC3(C2)CN(Cc2ccccc2C)C3)cs1. The molecular weight excluding hydrogens is 332 g/mol. The summed E-state index contributed by atoms with van der Waals surface area (Å²) in [6, 6.07) is 8.64. The van der Waals surface area contributed by atoms with Crippen LogP contribution in [0, 0.1) is 13.8 Å². The highest BCUT2D eigenvalue weighted by Crippen LogP contribution is 2.36. The zero-order valence-corrected chi connectivity index (χ0v) is 15.8. The summed E-state index contributed by atoms with van der Waals surface area (Å²) in [5.41, 5.74) is 3.84. The molecular formula is C20H26N2O2S. The van der Waals surface area contributed by atoms with Crippen LogP contribution in [0.3, 0.4) is 0 Å². The lowest BCUT2D eigenvalue weighted by molar-refractivity contribution is -0.200. The zero-order chi connectivity index (χ0) is 17.3. The van der Waals surface area contributed by atoms with E-state index >= 15 is 0 Å². The van der Waals surface area contributed by atoms with Gasteiger partial charge in [-0.1, -0.05) is 24.3 Å². The molecule has 1 aromatic carbocycles. The summed E-state index contributed by atoms with van der Waals surface area (Å²) in [6.45, 7) is 8.69. The highest BCUT2D eigenvalue weighted by Gasteiger charge is 2.47. The lowest BCUT2D eigenvalue weighted by Gasteiger charge is -2.53. The second-order valence-electron chi connectivity index (χ2n) is 7.39. The van der Waals surface area contributed by atoms with Gasteiger partial charge in [-0.05, 0) is 31.4 Å². The van der Waals surface area contributed by atoms with Crippen molar-refractivity contribution in [1.29, 1.82) is 0 Å². The Morgan fingerprint density at radius 2 is 2.16 bits per heavy atom. The van der Waals surface area contributed by atoms with Gasteiger partial charge in [0.25, 0.3) is 0 Å². The van der Waals surface area contributed by atoms with E-state index in [1.807, 2.05) is 6.92 Å². The average Bonchev–Trinajstić information content (AvgIpc) is 2.99. The van der Waals surface area contributed by atoms with Crippen molar-refractivity contribution in [1.82, 2.24) is 9.88 Å². The molecule has 4 nitrogen and oxygen atoms in total. The zero-order valence-electron chi connectivity index (χ0n) is 15.0. The molecule has 1 unspecified atom stereocenters. The van der Waals surface area contributed by atoms with E-state index in [2.05, 4.69) is 46.5 Å². The molecule has 3 heterocycles. The Hall–Kier alpha value is -1.27. The van der Waals surface area contributed by atoms with Gasteiger partial charge in [-0.15, -0.1) is 11.3 Å². The Kier molecular flexibility index (Phi) is 4.91. The van der Waals surface area contributed by atoms with Crippen LogP contribution >= 0.6 is 11.3 Å². The van der Waals surface area contributed by atoms with E-state index in [1.165, 1.54) is 11.1 Å². The van der Waals surface area contributed by atoms with Gasteiger partial charge in [0, 0.05) is 38.0 Å². The van der Waals surface area contributed by atoms with Crippen molar-refractivity contribution in [3.05, 3.63) is 51.5 Å². The Morgan fingerprint density at radius 3 is 2.92 bits per heavy atom. The summed E-state index contributed by atoms with van der Waals surface area (Å²) in [5.74, 6) is 0. The van der Waals surface area contributed by atoms with Gasteiger partial charge in [0.15, 0.2) is 0 Å². The second-order valence-corrected chi connectivity index (χ2v) is 8.45. The van der Waals surface area contributed by atoms with Gasteiger partial charge in [-0.2, -0.15) is 0 Å². The molecule has 2 fully saturated rings. The van der Waals surface area contributed by atoms with E-state index in [0.717, 1.165) is 49.8 Å². The van der Waals surface area contributed by atoms with E-state index in [0.29, 0.717) is 6.61 Å². The summed E-state index contributed by atoms with van der Waals surface area (Å²) in [4.78, 5) is 6.97. The molecule has 2 aliphatic rings. The van der Waals surface area contributed by atoms with E-state index in [1.54, 1.807) is 11.3 Å². The smallest absolute Gasteiger partial charge is 0.0959 e. The van der Waals surface area contributed by atoms with Crippen LogP contribution in [-0.4, -0.2) is 41.3 Å². The molecule has 134 valence electrons. The molecule has 0 radical (unpaired) electrons. The van der Waals surface area contributed by atoms with E-state index < -0.39 is 0 Å². The summed E-state index contributed by atoms with van der Waals surface area (Å²) in [7, 11) is 0. The van der Waals surface area contributed by atoms with Gasteiger partial charge >= 0.3 is 0 Å². The summed E-state index contributed by atoms with van der Waals surface area (Å²) in [5, 5.41) is 3.20. The van der Waals surface area contributed by atoms with Crippen LogP contribution in [0.2, 0.25) is 0 Å². The Balaban J connectivity index is 1.28. The van der Waals surface area contributed by atoms with Crippen molar-refractivity contribution in [2.75, 3.05) is 19.7 Å². The third kappa shape index (κ3) is 3.95. The normalized spacial score (nSPS) is 22.9. The molecule has 0 amide bonds. The third-order valence-corrected chi connectivity index (χ3v) is 6.08. The van der Waals surface area contributed by atoms with Crippen molar-refractivity contribution in [2.24, 2.45) is 0 Å². The number of rotatable bonds is 5. The number of hydrogen-bond donors (Lipinski definition) is 0. The van der Waals surface area contributed by atoms with Crippen molar-refractivity contribution in [3.63, 3.8) is 0 Å². The first-order chi connectivity index (χ1) is 12.1. The van der Waals surface area contributed by atoms with Gasteiger partial charge in [0.05, 0.1) is 29.0 Å². The molecule has 2 aliphatic heterocycles. The van der Waals surface area contributed by atoms with E-state index in [4.69, 9.17) is 9.47 Å². The van der Waals surface area contributed by atoms with Gasteiger partial charge in [-0.25, -0.2) is 4.98 Å². The van der Waals surface area contributed by atoms with Gasteiger partial charge in [0.2, 0.25) is 0 Å². The van der Waals surface area contributed by atoms with Crippen LogP contribution in [0.1, 0.15) is 34.7 Å². The van der Waals surface area contributed by atoms with Gasteiger partial charge < -0.3 is 9.47 Å². The minimum Gasteiger partial charge on any atom is -0.372 e. The molecule has 1 atom stereocenters. The summed E-state index contributed by atoms with van der Waals surface area (Å²) in [6.07, 6.45) is 2.28. The number of aromatic nitrogens is 1. The molecule has 4 rings (SSSR count). The van der Waals surface area contributed by atoms with E-state index in [9.17, 15) is 0 Å². The molecule has 0 saturated carbocycles. The summed E-state index contributed by atoms with van der Waals surface area (Å²) < 4.78 is 12.3. The van der Waals surface area contributed by atoms with Crippen LogP contribution in [-0.2, 0) is 22.6 Å². The molecule has 0 aliphatic carbocycles. The van der Waals surface area contributed by atoms with Crippen molar-refractivity contribution in [2.45, 2.75) is 51.5 Å². The standard InChI is InChI=1S/C20H26N2O2S/c1-15-5-3-4-6-17(15)10-22-13-20(14-22)9-19(7-8-24-20)23-11-18-12-25-16(2)21-18/h3-6,12,19H,7-11,13-14H2,1-2H3. The van der Waals surface area contributed by atoms with Crippen LogP contribution in [0.25, 0.3) is 0 Å². The van der Waals surface area contributed by atoms with Gasteiger partial charge in [0.1, 0.15) is 0 Å². The lowest BCUT2D eigenvalue weighted by atomic mass is 9.84. The van der Waals surface area contributed by atoms with Gasteiger partial charge in [-0.3, -0.25) is 4.90 Å². The maximum atomic E-state index is 6.15. The third-order valence-electron chi connectivity index (χ3n) is 5.26. The maximum Gasteiger partial charge on any atom is 0.0959 e. The monoisotopic (exact) mass is 358 g/mol. The summed E-state index contributed by atoms with van der Waals surface area (Å²) >= 11 is 1.69. The molecule has 0 bridgehead atoms. The molecule has 2 aromatic rings. The molecule has 0 N–H and O–H groups in total. The number of aryl methyl sites for hydroxylation is 2. The first-order valence-electron chi connectivity index (χ1n) is 9.05. The van der Waals surface area contributed by atoms with Crippen LogP contribution in [0.5, 0.6) is 0 Å². The molecule has 25 heavy (non-hydrogen) atoms. The predicted octanol–water partition coefficient (Wildman–Crippen LogP) is 3.71. The maximum absolute atomic E-state index is 6.15. The molecule has 1 aromatic heterocycles. The van der Waals surface area contributed by atoms with Crippen LogP contribution in [0.4, 0.5) is 0 Å². The quantitative estimate of drug-likeness (QED) is 0.816. The molecule has 2 saturated heterocycles. The first kappa shape index (κ1) is 17.2. The number of hydrogen-bond acceptors (Lipinski definition) is 5. The second kappa shape index (κ2) is 7.16. The fourth-order valence-electron chi connectivity index (χ4n) is 3.93. The number of thiazole rings is 1. The number of nitrogens with zero attached hydrogens (tertiary/aromatic N) is 2. The lowest BCUT2D eigenvalue weighted by Crippen LogP contribution is -2.65. The first-order valence-corrected chi connectivity index (χ1v) is 9.93. The Labute approximate surface area is 153 Å². The number of benzene rings is 1. The molecule has 5 heteroatoms. The Morgan fingerprint density at radius 1 is 1.32 bits per heavy atom. The average molecular weight is 359 g/mol. The molecule has 1 spiro atoms. The minimum absolute atomic E-state index is 0.00356. The fourth-order valence-corrected chi connectivity index (χ4v) is 4.53. The largest absolute Gasteiger partial charge is 0.372 e. The Bertz CT molecular complexity index is 724. The predicted molar refractivity (Wildman–Crippen MR) is 99.8 cm³/mol. The van der Waals surface area contributed by atoms with Crippen molar-refractivity contribution in [3.8, 4) is 0 Å². The number of likely N-dealkylation sites (tertiary alicyclic amines) is 1. The highest BCUT2D eigenvalue weighted by molar-refractivity contribution is 7.09. The fraction of sp³-hybridized carbons (Fsp3) is 0.550.